The summed E-state index contributed by atoms with van der Waals surface area (Å²) in [6.45, 7) is 1.48. The van der Waals surface area contributed by atoms with Crippen LogP contribution in [-0.4, -0.2) is 17.2 Å². The summed E-state index contributed by atoms with van der Waals surface area (Å²) in [6.07, 6.45) is 1.54. The van der Waals surface area contributed by atoms with Gasteiger partial charge in [0.05, 0.1) is 5.02 Å². The van der Waals surface area contributed by atoms with Gasteiger partial charge in [-0.05, 0) is 43.4 Å². The van der Waals surface area contributed by atoms with E-state index < -0.39 is 12.1 Å². The summed E-state index contributed by atoms with van der Waals surface area (Å²) in [5.41, 5.74) is 1.21. The molecule has 1 aromatic carbocycles. The molecular formula is C12H13ClO3. The minimum absolute atomic E-state index is 0.431. The molecule has 0 aliphatic heterocycles. The summed E-state index contributed by atoms with van der Waals surface area (Å²) in [5.74, 6) is 0.0618. The first-order valence-electron chi connectivity index (χ1n) is 5.27. The highest BCUT2D eigenvalue weighted by atomic mass is 35.5. The normalized spacial score (nSPS) is 16.9. The van der Waals surface area contributed by atoms with Crippen LogP contribution in [-0.2, 0) is 4.79 Å². The second-order valence-electron chi connectivity index (χ2n) is 4.06. The van der Waals surface area contributed by atoms with Crippen LogP contribution in [0.25, 0.3) is 0 Å². The molecule has 16 heavy (non-hydrogen) atoms. The third-order valence-corrected chi connectivity index (χ3v) is 2.95. The minimum Gasteiger partial charge on any atom is -0.479 e. The summed E-state index contributed by atoms with van der Waals surface area (Å²) in [4.78, 5) is 10.6. The monoisotopic (exact) mass is 240 g/mol. The number of rotatable bonds is 4. The second kappa shape index (κ2) is 4.34. The summed E-state index contributed by atoms with van der Waals surface area (Å²) in [5, 5.41) is 9.20. The first kappa shape index (κ1) is 11.3. The molecule has 1 N–H and O–H groups in total. The number of halogens is 1. The zero-order chi connectivity index (χ0) is 11.7. The van der Waals surface area contributed by atoms with Gasteiger partial charge >= 0.3 is 5.97 Å². The molecule has 0 amide bonds. The fourth-order valence-corrected chi connectivity index (χ4v) is 1.76. The highest BCUT2D eigenvalue weighted by Gasteiger charge is 2.24. The first-order chi connectivity index (χ1) is 7.58. The van der Waals surface area contributed by atoms with Gasteiger partial charge in [0.1, 0.15) is 5.75 Å². The average Bonchev–Trinajstić information content (AvgIpc) is 3.04. The number of hydrogen-bond acceptors (Lipinski definition) is 2. The molecule has 1 atom stereocenters. The highest BCUT2D eigenvalue weighted by Crippen LogP contribution is 2.42. The van der Waals surface area contributed by atoms with Crippen LogP contribution in [0.5, 0.6) is 5.75 Å². The van der Waals surface area contributed by atoms with Gasteiger partial charge in [-0.25, -0.2) is 4.79 Å². The summed E-state index contributed by atoms with van der Waals surface area (Å²) >= 11 is 6.03. The molecule has 1 unspecified atom stereocenters. The van der Waals surface area contributed by atoms with Crippen molar-refractivity contribution in [3.05, 3.63) is 28.8 Å². The summed E-state index contributed by atoms with van der Waals surface area (Å²) in [7, 11) is 0. The lowest BCUT2D eigenvalue weighted by Gasteiger charge is -2.12. The molecular weight excluding hydrogens is 228 g/mol. The third kappa shape index (κ3) is 2.47. The van der Waals surface area contributed by atoms with Gasteiger partial charge in [0, 0.05) is 0 Å². The van der Waals surface area contributed by atoms with E-state index in [9.17, 15) is 4.79 Å². The van der Waals surface area contributed by atoms with Crippen molar-refractivity contribution in [1.82, 2.24) is 0 Å². The van der Waals surface area contributed by atoms with Gasteiger partial charge in [-0.3, -0.25) is 0 Å². The maximum Gasteiger partial charge on any atom is 0.344 e. The van der Waals surface area contributed by atoms with Crippen LogP contribution >= 0.6 is 11.6 Å². The molecule has 2 rings (SSSR count). The molecule has 1 saturated carbocycles. The van der Waals surface area contributed by atoms with E-state index in [4.69, 9.17) is 21.4 Å². The zero-order valence-corrected chi connectivity index (χ0v) is 9.70. The first-order valence-corrected chi connectivity index (χ1v) is 5.64. The number of carbonyl (C=O) groups is 1. The van der Waals surface area contributed by atoms with Crippen LogP contribution in [0.2, 0.25) is 5.02 Å². The Kier molecular flexibility index (Phi) is 3.06. The minimum atomic E-state index is -0.998. The van der Waals surface area contributed by atoms with Crippen LogP contribution in [0.3, 0.4) is 0 Å². The van der Waals surface area contributed by atoms with Crippen molar-refractivity contribution in [2.24, 2.45) is 0 Å². The smallest absolute Gasteiger partial charge is 0.344 e. The Hall–Kier alpha value is -1.22. The second-order valence-corrected chi connectivity index (χ2v) is 4.47. The molecule has 1 aromatic rings. The van der Waals surface area contributed by atoms with Crippen molar-refractivity contribution < 1.29 is 14.6 Å². The molecule has 1 fully saturated rings. The standard InChI is InChI=1S/C12H13ClO3/c1-7(12(14)15)16-11-5-4-9(6-10(11)13)8-2-3-8/h4-8H,2-3H2,1H3,(H,14,15). The molecule has 3 nitrogen and oxygen atoms in total. The van der Waals surface area contributed by atoms with Gasteiger partial charge in [-0.2, -0.15) is 0 Å². The van der Waals surface area contributed by atoms with Crippen LogP contribution in [0.4, 0.5) is 0 Å². The van der Waals surface area contributed by atoms with Crippen LogP contribution in [0, 0.1) is 0 Å². The number of aliphatic carboxylic acids is 1. The third-order valence-electron chi connectivity index (χ3n) is 2.66. The van der Waals surface area contributed by atoms with Gasteiger partial charge in [0.25, 0.3) is 0 Å². The fourth-order valence-electron chi connectivity index (χ4n) is 1.52. The van der Waals surface area contributed by atoms with Gasteiger partial charge in [-0.1, -0.05) is 17.7 Å². The molecule has 0 radical (unpaired) electrons. The Morgan fingerprint density at radius 3 is 2.75 bits per heavy atom. The van der Waals surface area contributed by atoms with Crippen molar-refractivity contribution in [1.29, 1.82) is 0 Å². The topological polar surface area (TPSA) is 46.5 Å². The zero-order valence-electron chi connectivity index (χ0n) is 8.94. The van der Waals surface area contributed by atoms with E-state index in [1.54, 1.807) is 6.07 Å². The van der Waals surface area contributed by atoms with E-state index in [1.165, 1.54) is 25.3 Å². The van der Waals surface area contributed by atoms with Crippen molar-refractivity contribution in [2.45, 2.75) is 31.8 Å². The van der Waals surface area contributed by atoms with Crippen molar-refractivity contribution in [3.8, 4) is 5.75 Å². The van der Waals surface area contributed by atoms with Crippen LogP contribution < -0.4 is 4.74 Å². The Labute approximate surface area is 99.0 Å². The fraction of sp³-hybridized carbons (Fsp3) is 0.417. The number of ether oxygens (including phenoxy) is 1. The van der Waals surface area contributed by atoms with E-state index in [1.807, 2.05) is 12.1 Å². The predicted octanol–water partition coefficient (Wildman–Crippen LogP) is 3.07. The Morgan fingerprint density at radius 1 is 1.56 bits per heavy atom. The van der Waals surface area contributed by atoms with E-state index in [2.05, 4.69) is 0 Å². The molecule has 1 aliphatic rings. The molecule has 4 heteroatoms. The molecule has 1 aliphatic carbocycles. The maximum absolute atomic E-state index is 10.6. The molecule has 86 valence electrons. The SMILES string of the molecule is CC(Oc1ccc(C2CC2)cc1Cl)C(=O)O. The maximum atomic E-state index is 10.6. The Balaban J connectivity index is 2.12. The number of hydrogen-bond donors (Lipinski definition) is 1. The van der Waals surface area contributed by atoms with Gasteiger partial charge in [-0.15, -0.1) is 0 Å². The van der Waals surface area contributed by atoms with Crippen molar-refractivity contribution in [2.75, 3.05) is 0 Å². The molecule has 0 aromatic heterocycles. The number of carboxylic acids is 1. The van der Waals surface area contributed by atoms with Gasteiger partial charge < -0.3 is 9.84 Å². The Bertz CT molecular complexity index is 413. The molecule has 0 spiro atoms. The summed E-state index contributed by atoms with van der Waals surface area (Å²) < 4.78 is 5.23. The largest absolute Gasteiger partial charge is 0.479 e. The quantitative estimate of drug-likeness (QED) is 0.880. The van der Waals surface area contributed by atoms with E-state index >= 15 is 0 Å². The van der Waals surface area contributed by atoms with Gasteiger partial charge in [0.2, 0.25) is 0 Å². The Morgan fingerprint density at radius 2 is 2.25 bits per heavy atom. The molecule has 0 bridgehead atoms. The van der Waals surface area contributed by atoms with Crippen LogP contribution in [0.1, 0.15) is 31.2 Å². The number of benzene rings is 1. The van der Waals surface area contributed by atoms with Crippen molar-refractivity contribution in [3.63, 3.8) is 0 Å². The lowest BCUT2D eigenvalue weighted by atomic mass is 10.1. The summed E-state index contributed by atoms with van der Waals surface area (Å²) in [6, 6.07) is 5.56. The van der Waals surface area contributed by atoms with E-state index in [-0.39, 0.29) is 0 Å². The average molecular weight is 241 g/mol. The lowest BCUT2D eigenvalue weighted by molar-refractivity contribution is -0.144. The lowest BCUT2D eigenvalue weighted by Crippen LogP contribution is -2.22. The van der Waals surface area contributed by atoms with Crippen molar-refractivity contribution >= 4 is 17.6 Å². The van der Waals surface area contributed by atoms with E-state index in [0.717, 1.165) is 0 Å². The van der Waals surface area contributed by atoms with Gasteiger partial charge in [0.15, 0.2) is 6.10 Å². The molecule has 0 saturated heterocycles. The van der Waals surface area contributed by atoms with Crippen LogP contribution in [0.15, 0.2) is 18.2 Å². The number of carboxylic acid groups (broad SMARTS) is 1. The molecule has 0 heterocycles. The predicted molar refractivity (Wildman–Crippen MR) is 61.2 cm³/mol. The highest BCUT2D eigenvalue weighted by molar-refractivity contribution is 6.32. The van der Waals surface area contributed by atoms with E-state index in [0.29, 0.717) is 16.7 Å².